The molecule has 1 fully saturated rings. The molecule has 17 heavy (non-hydrogen) atoms. The number of hydrogen-bond acceptors (Lipinski definition) is 5. The molecule has 1 saturated heterocycles. The molecule has 0 radical (unpaired) electrons. The minimum atomic E-state index is -0.654. The largest absolute Gasteiger partial charge is 0.334 e. The molecule has 0 spiro atoms. The third-order valence-electron chi connectivity index (χ3n) is 2.76. The number of rotatable bonds is 3. The van der Waals surface area contributed by atoms with Crippen molar-refractivity contribution < 1.29 is 4.92 Å². The monoisotopic (exact) mass is 238 g/mol. The van der Waals surface area contributed by atoms with Gasteiger partial charge < -0.3 is 10.3 Å². The molecule has 2 heterocycles. The van der Waals surface area contributed by atoms with E-state index in [1.54, 1.807) is 0 Å². The number of nitro groups is 1. The van der Waals surface area contributed by atoms with Crippen molar-refractivity contribution >= 4 is 5.69 Å². The van der Waals surface area contributed by atoms with E-state index in [9.17, 15) is 14.9 Å². The van der Waals surface area contributed by atoms with Crippen LogP contribution in [0.15, 0.2) is 17.1 Å². The Balaban J connectivity index is 2.13. The van der Waals surface area contributed by atoms with Crippen LogP contribution >= 0.6 is 0 Å². The second-order valence-corrected chi connectivity index (χ2v) is 4.01. The van der Waals surface area contributed by atoms with E-state index in [1.807, 2.05) is 0 Å². The van der Waals surface area contributed by atoms with Crippen molar-refractivity contribution in [2.24, 2.45) is 0 Å². The van der Waals surface area contributed by atoms with Crippen LogP contribution in [-0.2, 0) is 6.54 Å². The third kappa shape index (κ3) is 2.89. The number of hydrogen-bond donors (Lipinski definition) is 2. The molecule has 0 bridgehead atoms. The summed E-state index contributed by atoms with van der Waals surface area (Å²) in [5, 5.41) is 13.9. The molecular weight excluding hydrogens is 224 g/mol. The van der Waals surface area contributed by atoms with Crippen molar-refractivity contribution in [2.75, 3.05) is 26.2 Å². The minimum Gasteiger partial charge on any atom is -0.323 e. The first-order valence-corrected chi connectivity index (χ1v) is 5.46. The summed E-state index contributed by atoms with van der Waals surface area (Å²) in [7, 11) is 0. The van der Waals surface area contributed by atoms with Gasteiger partial charge in [-0.05, 0) is 5.56 Å². The second-order valence-electron chi connectivity index (χ2n) is 4.01. The van der Waals surface area contributed by atoms with Gasteiger partial charge in [0.1, 0.15) is 0 Å². The molecule has 0 aromatic carbocycles. The lowest BCUT2D eigenvalue weighted by Gasteiger charge is -2.26. The predicted molar refractivity (Wildman–Crippen MR) is 61.9 cm³/mol. The molecule has 0 aliphatic carbocycles. The Bertz CT molecular complexity index is 465. The highest BCUT2D eigenvalue weighted by Crippen LogP contribution is 2.09. The number of pyridine rings is 1. The number of nitrogens with one attached hydrogen (secondary N) is 2. The van der Waals surface area contributed by atoms with Gasteiger partial charge in [0.2, 0.25) is 0 Å². The molecule has 1 aliphatic heterocycles. The Morgan fingerprint density at radius 1 is 1.41 bits per heavy atom. The van der Waals surface area contributed by atoms with Gasteiger partial charge in [0.05, 0.1) is 4.92 Å². The molecule has 7 nitrogen and oxygen atoms in total. The van der Waals surface area contributed by atoms with E-state index < -0.39 is 16.2 Å². The average molecular weight is 238 g/mol. The molecule has 0 unspecified atom stereocenters. The van der Waals surface area contributed by atoms with E-state index in [4.69, 9.17) is 0 Å². The highest BCUT2D eigenvalue weighted by atomic mass is 16.6. The van der Waals surface area contributed by atoms with Crippen LogP contribution in [0.1, 0.15) is 5.56 Å². The lowest BCUT2D eigenvalue weighted by molar-refractivity contribution is -0.386. The van der Waals surface area contributed by atoms with Crippen molar-refractivity contribution in [1.82, 2.24) is 15.2 Å². The van der Waals surface area contributed by atoms with E-state index in [0.29, 0.717) is 6.54 Å². The highest BCUT2D eigenvalue weighted by Gasteiger charge is 2.15. The molecule has 2 rings (SSSR count). The van der Waals surface area contributed by atoms with Gasteiger partial charge >= 0.3 is 11.2 Å². The zero-order valence-corrected chi connectivity index (χ0v) is 9.31. The summed E-state index contributed by atoms with van der Waals surface area (Å²) >= 11 is 0. The minimum absolute atomic E-state index is 0.391. The maximum atomic E-state index is 11.2. The highest BCUT2D eigenvalue weighted by molar-refractivity contribution is 5.30. The second kappa shape index (κ2) is 5.07. The van der Waals surface area contributed by atoms with Gasteiger partial charge in [-0.25, -0.2) is 0 Å². The number of piperazine rings is 1. The van der Waals surface area contributed by atoms with Gasteiger partial charge in [0, 0.05) is 45.0 Å². The summed E-state index contributed by atoms with van der Waals surface area (Å²) < 4.78 is 0. The van der Waals surface area contributed by atoms with Crippen molar-refractivity contribution in [3.63, 3.8) is 0 Å². The fourth-order valence-electron chi connectivity index (χ4n) is 1.87. The van der Waals surface area contributed by atoms with Crippen LogP contribution in [0.5, 0.6) is 0 Å². The Morgan fingerprint density at radius 2 is 2.12 bits per heavy atom. The van der Waals surface area contributed by atoms with Gasteiger partial charge in [-0.1, -0.05) is 0 Å². The zero-order valence-electron chi connectivity index (χ0n) is 9.31. The number of aromatic nitrogens is 1. The predicted octanol–water partition coefficient (Wildman–Crippen LogP) is -0.312. The van der Waals surface area contributed by atoms with Crippen LogP contribution in [0.2, 0.25) is 0 Å². The van der Waals surface area contributed by atoms with Gasteiger partial charge in [-0.2, -0.15) is 0 Å². The average Bonchev–Trinajstić information content (AvgIpc) is 2.32. The molecule has 7 heteroatoms. The molecule has 0 saturated carbocycles. The van der Waals surface area contributed by atoms with Crippen LogP contribution < -0.4 is 10.9 Å². The van der Waals surface area contributed by atoms with Crippen molar-refractivity contribution in [3.05, 3.63) is 38.3 Å². The van der Waals surface area contributed by atoms with Crippen molar-refractivity contribution in [1.29, 1.82) is 0 Å². The van der Waals surface area contributed by atoms with Gasteiger partial charge in [-0.15, -0.1) is 0 Å². The number of aromatic amines is 1. The maximum absolute atomic E-state index is 11.2. The topological polar surface area (TPSA) is 91.3 Å². The normalized spacial score (nSPS) is 16.9. The lowest BCUT2D eigenvalue weighted by atomic mass is 10.2. The summed E-state index contributed by atoms with van der Waals surface area (Å²) in [4.78, 5) is 25.7. The first kappa shape index (κ1) is 11.7. The molecule has 1 aromatic heterocycles. The van der Waals surface area contributed by atoms with Crippen LogP contribution in [0.25, 0.3) is 0 Å². The van der Waals surface area contributed by atoms with E-state index in [-0.39, 0.29) is 0 Å². The van der Waals surface area contributed by atoms with E-state index in [1.165, 1.54) is 12.3 Å². The summed E-state index contributed by atoms with van der Waals surface area (Å²) in [5.41, 5.74) is -0.283. The Morgan fingerprint density at radius 3 is 2.76 bits per heavy atom. The first-order chi connectivity index (χ1) is 8.16. The summed E-state index contributed by atoms with van der Waals surface area (Å²) in [6.07, 6.45) is 1.54. The lowest BCUT2D eigenvalue weighted by Crippen LogP contribution is -2.42. The molecule has 1 aromatic rings. The van der Waals surface area contributed by atoms with Crippen LogP contribution in [0, 0.1) is 10.1 Å². The Labute approximate surface area is 97.6 Å². The standard InChI is InChI=1S/C10H14N4O3/c15-10-9(14(16)17)5-8(6-12-10)7-13-3-1-11-2-4-13/h5-6,11H,1-4,7H2,(H,12,15). The van der Waals surface area contributed by atoms with Crippen LogP contribution in [0.4, 0.5) is 5.69 Å². The van der Waals surface area contributed by atoms with Crippen LogP contribution in [0.3, 0.4) is 0 Å². The molecule has 92 valence electrons. The quantitative estimate of drug-likeness (QED) is 0.556. The SMILES string of the molecule is O=c1[nH]cc(CN2CCNCC2)cc1[N+](=O)[O-]. The van der Waals surface area contributed by atoms with E-state index in [0.717, 1.165) is 31.7 Å². The van der Waals surface area contributed by atoms with Gasteiger partial charge in [-0.3, -0.25) is 19.8 Å². The van der Waals surface area contributed by atoms with Gasteiger partial charge in [0.15, 0.2) is 0 Å². The molecule has 0 amide bonds. The summed E-state index contributed by atoms with van der Waals surface area (Å²) in [6, 6.07) is 1.35. The Hall–Kier alpha value is -1.73. The van der Waals surface area contributed by atoms with Crippen molar-refractivity contribution in [3.8, 4) is 0 Å². The Kier molecular flexibility index (Phi) is 3.50. The fourth-order valence-corrected chi connectivity index (χ4v) is 1.87. The number of H-pyrrole nitrogens is 1. The smallest absolute Gasteiger partial charge is 0.323 e. The zero-order chi connectivity index (χ0) is 12.3. The fraction of sp³-hybridized carbons (Fsp3) is 0.500. The molecule has 2 N–H and O–H groups in total. The van der Waals surface area contributed by atoms with E-state index >= 15 is 0 Å². The van der Waals surface area contributed by atoms with E-state index in [2.05, 4.69) is 15.2 Å². The molecule has 0 atom stereocenters. The third-order valence-corrected chi connectivity index (χ3v) is 2.76. The number of nitrogens with zero attached hydrogens (tertiary/aromatic N) is 2. The summed E-state index contributed by atoms with van der Waals surface area (Å²) in [6.45, 7) is 4.29. The molecular formula is C10H14N4O3. The maximum Gasteiger partial charge on any atom is 0.334 e. The first-order valence-electron chi connectivity index (χ1n) is 5.46. The molecule has 1 aliphatic rings. The van der Waals surface area contributed by atoms with Crippen LogP contribution in [-0.4, -0.2) is 41.0 Å². The van der Waals surface area contributed by atoms with Gasteiger partial charge in [0.25, 0.3) is 0 Å². The van der Waals surface area contributed by atoms with Crippen molar-refractivity contribution in [2.45, 2.75) is 6.54 Å². The summed E-state index contributed by atoms with van der Waals surface area (Å²) in [5.74, 6) is 0.